The summed E-state index contributed by atoms with van der Waals surface area (Å²) in [4.78, 5) is 30.4. The molecule has 2 aromatic rings. The Bertz CT molecular complexity index is 927. The van der Waals surface area contributed by atoms with Crippen LogP contribution in [0.25, 0.3) is 0 Å². The van der Waals surface area contributed by atoms with Gasteiger partial charge in [-0.25, -0.2) is 4.39 Å². The second kappa shape index (κ2) is 10.6. The van der Waals surface area contributed by atoms with Gasteiger partial charge < -0.3 is 14.5 Å². The number of thiophene rings is 1. The van der Waals surface area contributed by atoms with Crippen LogP contribution in [0.1, 0.15) is 36.8 Å². The first-order valence-corrected chi connectivity index (χ1v) is 11.4. The number of benzene rings is 1. The van der Waals surface area contributed by atoms with Crippen molar-refractivity contribution < 1.29 is 18.7 Å². The molecule has 1 aliphatic rings. The lowest BCUT2D eigenvalue weighted by Crippen LogP contribution is -2.48. The van der Waals surface area contributed by atoms with Gasteiger partial charge in [0.05, 0.1) is 6.04 Å². The summed E-state index contributed by atoms with van der Waals surface area (Å²) in [6.07, 6.45) is 2.81. The largest absolute Gasteiger partial charge is 0.491 e. The number of carbonyl (C=O) groups excluding carboxylic acids is 2. The number of carbonyl (C=O) groups is 2. The fourth-order valence-electron chi connectivity index (χ4n) is 3.75. The lowest BCUT2D eigenvalue weighted by Gasteiger charge is -2.37. The van der Waals surface area contributed by atoms with E-state index in [0.717, 1.165) is 12.0 Å². The Morgan fingerprint density at radius 3 is 2.90 bits per heavy atom. The molecule has 1 aromatic carbocycles. The number of ether oxygens (including phenoxy) is 1. The number of amides is 2. The molecule has 1 atom stereocenters. The van der Waals surface area contributed by atoms with E-state index in [4.69, 9.17) is 4.74 Å². The Morgan fingerprint density at radius 2 is 2.19 bits per heavy atom. The molecule has 0 bridgehead atoms. The van der Waals surface area contributed by atoms with E-state index in [-0.39, 0.29) is 42.7 Å². The Morgan fingerprint density at radius 1 is 1.39 bits per heavy atom. The van der Waals surface area contributed by atoms with Gasteiger partial charge in [-0.15, -0.1) is 17.9 Å². The van der Waals surface area contributed by atoms with Crippen molar-refractivity contribution in [3.8, 4) is 5.75 Å². The molecular weight excluding hydrogens is 415 g/mol. The van der Waals surface area contributed by atoms with Gasteiger partial charge >= 0.3 is 0 Å². The SMILES string of the molecule is C=CCN(CC(=O)N1CCc2sccc2[C@@H]1COc1cccc(F)c1)C(=O)CC(C)C. The van der Waals surface area contributed by atoms with Gasteiger partial charge in [-0.1, -0.05) is 26.0 Å². The van der Waals surface area contributed by atoms with Crippen molar-refractivity contribution in [2.75, 3.05) is 26.2 Å². The number of rotatable bonds is 9. The molecule has 7 heteroatoms. The molecule has 3 rings (SSSR count). The molecule has 1 aliphatic heterocycles. The van der Waals surface area contributed by atoms with Crippen molar-refractivity contribution in [3.63, 3.8) is 0 Å². The van der Waals surface area contributed by atoms with E-state index in [1.54, 1.807) is 39.3 Å². The highest BCUT2D eigenvalue weighted by molar-refractivity contribution is 7.10. The lowest BCUT2D eigenvalue weighted by molar-refractivity contribution is -0.142. The topological polar surface area (TPSA) is 49.9 Å². The van der Waals surface area contributed by atoms with Gasteiger partial charge in [-0.05, 0) is 41.5 Å². The molecule has 2 heterocycles. The molecule has 0 aliphatic carbocycles. The summed E-state index contributed by atoms with van der Waals surface area (Å²) >= 11 is 1.67. The van der Waals surface area contributed by atoms with Gasteiger partial charge in [0.15, 0.2) is 0 Å². The van der Waals surface area contributed by atoms with Crippen LogP contribution >= 0.6 is 11.3 Å². The molecular formula is C24H29FN2O3S. The summed E-state index contributed by atoms with van der Waals surface area (Å²) in [5, 5.41) is 2.02. The summed E-state index contributed by atoms with van der Waals surface area (Å²) in [5.74, 6) is 0.0996. The van der Waals surface area contributed by atoms with E-state index >= 15 is 0 Å². The molecule has 5 nitrogen and oxygen atoms in total. The average molecular weight is 445 g/mol. The smallest absolute Gasteiger partial charge is 0.242 e. The molecule has 0 saturated heterocycles. The first-order valence-electron chi connectivity index (χ1n) is 10.5. The molecule has 0 fully saturated rings. The number of fused-ring (bicyclic) bond motifs is 1. The van der Waals surface area contributed by atoms with Gasteiger partial charge in [0.2, 0.25) is 11.8 Å². The highest BCUT2D eigenvalue weighted by Gasteiger charge is 2.33. The number of hydrogen-bond acceptors (Lipinski definition) is 4. The highest BCUT2D eigenvalue weighted by atomic mass is 32.1. The Hall–Kier alpha value is -2.67. The van der Waals surface area contributed by atoms with Gasteiger partial charge in [0, 0.05) is 30.5 Å². The minimum absolute atomic E-state index is 0.00745. The zero-order chi connectivity index (χ0) is 22.4. The van der Waals surface area contributed by atoms with Crippen molar-refractivity contribution >= 4 is 23.2 Å². The summed E-state index contributed by atoms with van der Waals surface area (Å²) in [6.45, 7) is 8.80. The predicted octanol–water partition coefficient (Wildman–Crippen LogP) is 4.45. The average Bonchev–Trinajstić information content (AvgIpc) is 3.20. The number of nitrogens with zero attached hydrogens (tertiary/aromatic N) is 2. The summed E-state index contributed by atoms with van der Waals surface area (Å²) < 4.78 is 19.4. The van der Waals surface area contributed by atoms with Gasteiger partial charge in [0.25, 0.3) is 0 Å². The summed E-state index contributed by atoms with van der Waals surface area (Å²) in [6, 6.07) is 7.73. The monoisotopic (exact) mass is 444 g/mol. The van der Waals surface area contributed by atoms with Crippen LogP contribution < -0.4 is 4.74 Å². The van der Waals surface area contributed by atoms with Crippen molar-refractivity contribution in [3.05, 3.63) is 64.6 Å². The fourth-order valence-corrected chi connectivity index (χ4v) is 4.68. The normalized spacial score (nSPS) is 15.5. The third-order valence-corrected chi connectivity index (χ3v) is 6.23. The third kappa shape index (κ3) is 5.94. The van der Waals surface area contributed by atoms with Crippen molar-refractivity contribution in [1.82, 2.24) is 9.80 Å². The predicted molar refractivity (Wildman–Crippen MR) is 121 cm³/mol. The van der Waals surface area contributed by atoms with Crippen molar-refractivity contribution in [2.24, 2.45) is 5.92 Å². The molecule has 0 saturated carbocycles. The van der Waals surface area contributed by atoms with Crippen LogP contribution in [0.2, 0.25) is 0 Å². The van der Waals surface area contributed by atoms with E-state index in [1.165, 1.54) is 17.0 Å². The first-order chi connectivity index (χ1) is 14.9. The zero-order valence-corrected chi connectivity index (χ0v) is 18.9. The number of halogens is 1. The van der Waals surface area contributed by atoms with Crippen molar-refractivity contribution in [1.29, 1.82) is 0 Å². The zero-order valence-electron chi connectivity index (χ0n) is 18.1. The van der Waals surface area contributed by atoms with E-state index in [0.29, 0.717) is 25.3 Å². The molecule has 0 spiro atoms. The van der Waals surface area contributed by atoms with E-state index < -0.39 is 0 Å². The maximum absolute atomic E-state index is 13.5. The van der Waals surface area contributed by atoms with E-state index in [2.05, 4.69) is 6.58 Å². The highest BCUT2D eigenvalue weighted by Crippen LogP contribution is 2.34. The summed E-state index contributed by atoms with van der Waals surface area (Å²) in [7, 11) is 0. The third-order valence-electron chi connectivity index (χ3n) is 5.23. The second-order valence-electron chi connectivity index (χ2n) is 8.08. The van der Waals surface area contributed by atoms with Crippen molar-refractivity contribution in [2.45, 2.75) is 32.7 Å². The van der Waals surface area contributed by atoms with Gasteiger partial charge in [-0.3, -0.25) is 9.59 Å². The maximum Gasteiger partial charge on any atom is 0.242 e. The fraction of sp³-hybridized carbons (Fsp3) is 0.417. The van der Waals surface area contributed by atoms with Crippen LogP contribution in [0.4, 0.5) is 4.39 Å². The lowest BCUT2D eigenvalue weighted by atomic mass is 10.0. The first kappa shape index (κ1) is 23.0. The molecule has 0 N–H and O–H groups in total. The maximum atomic E-state index is 13.5. The van der Waals surface area contributed by atoms with Crippen LogP contribution in [0.3, 0.4) is 0 Å². The minimum atomic E-state index is -0.367. The minimum Gasteiger partial charge on any atom is -0.491 e. The molecule has 1 aromatic heterocycles. The molecule has 2 amide bonds. The number of hydrogen-bond donors (Lipinski definition) is 0. The van der Waals surface area contributed by atoms with E-state index in [1.807, 2.05) is 25.3 Å². The second-order valence-corrected chi connectivity index (χ2v) is 9.08. The van der Waals surface area contributed by atoms with Gasteiger partial charge in [0.1, 0.15) is 24.7 Å². The van der Waals surface area contributed by atoms with E-state index in [9.17, 15) is 14.0 Å². The molecule has 0 unspecified atom stereocenters. The Balaban J connectivity index is 1.76. The standard InChI is InChI=1S/C24H29FN2O3S/c1-4-10-26(23(28)13-17(2)3)15-24(29)27-11-8-22-20(9-12-31-22)21(27)16-30-19-7-5-6-18(25)14-19/h4-7,9,12,14,17,21H,1,8,10-11,13,15-16H2,2-3H3/t21-/m0/s1. The summed E-state index contributed by atoms with van der Waals surface area (Å²) in [5.41, 5.74) is 1.06. The molecule has 0 radical (unpaired) electrons. The van der Waals surface area contributed by atoms with Crippen LogP contribution in [0.15, 0.2) is 48.4 Å². The van der Waals surface area contributed by atoms with Crippen LogP contribution in [0.5, 0.6) is 5.75 Å². The molecule has 166 valence electrons. The molecule has 31 heavy (non-hydrogen) atoms. The quantitative estimate of drug-likeness (QED) is 0.537. The Labute approximate surface area is 187 Å². The van der Waals surface area contributed by atoms with Crippen LogP contribution in [-0.2, 0) is 16.0 Å². The van der Waals surface area contributed by atoms with Crippen LogP contribution in [-0.4, -0.2) is 47.9 Å². The Kier molecular flexibility index (Phi) is 7.85. The van der Waals surface area contributed by atoms with Gasteiger partial charge in [-0.2, -0.15) is 0 Å². The van der Waals surface area contributed by atoms with Crippen LogP contribution in [0, 0.1) is 11.7 Å².